The Morgan fingerprint density at radius 1 is 1.13 bits per heavy atom. The van der Waals surface area contributed by atoms with Crippen molar-refractivity contribution < 1.29 is 13.6 Å². The molecule has 3 rings (SSSR count). The Bertz CT molecular complexity index is 985. The monoisotopic (exact) mass is 351 g/mol. The largest absolute Gasteiger partial charge is 0.449 e. The third-order valence-electron chi connectivity index (χ3n) is 3.09. The quantitative estimate of drug-likeness (QED) is 0.739. The topological polar surface area (TPSA) is 59.3 Å². The summed E-state index contributed by atoms with van der Waals surface area (Å²) in [6.45, 7) is 0. The van der Waals surface area contributed by atoms with Gasteiger partial charge in [-0.05, 0) is 24.3 Å². The number of anilines is 1. The fourth-order valence-electron chi connectivity index (χ4n) is 2.04. The van der Waals surface area contributed by atoms with Gasteiger partial charge in [-0.25, -0.2) is 4.39 Å². The molecule has 1 aromatic heterocycles. The van der Waals surface area contributed by atoms with Gasteiger partial charge < -0.3 is 9.73 Å². The van der Waals surface area contributed by atoms with Crippen LogP contribution in [0.5, 0.6) is 0 Å². The van der Waals surface area contributed by atoms with Crippen LogP contribution in [0.1, 0.15) is 10.6 Å². The molecule has 2 aromatic carbocycles. The lowest BCUT2D eigenvalue weighted by Crippen LogP contribution is -2.15. The minimum Gasteiger partial charge on any atom is -0.449 e. The second-order valence-electron chi connectivity index (χ2n) is 4.67. The van der Waals surface area contributed by atoms with Gasteiger partial charge in [0, 0.05) is 11.1 Å². The zero-order valence-corrected chi connectivity index (χ0v) is 12.9. The molecular formula is C16H8Cl2FNO3. The number of rotatable bonds is 2. The van der Waals surface area contributed by atoms with Crippen LogP contribution < -0.4 is 10.7 Å². The van der Waals surface area contributed by atoms with E-state index in [9.17, 15) is 14.0 Å². The summed E-state index contributed by atoms with van der Waals surface area (Å²) in [7, 11) is 0. The van der Waals surface area contributed by atoms with Crippen molar-refractivity contribution >= 4 is 45.8 Å². The number of amides is 1. The molecule has 1 heterocycles. The van der Waals surface area contributed by atoms with Crippen LogP contribution in [0.4, 0.5) is 10.1 Å². The number of para-hydroxylation sites is 1. The van der Waals surface area contributed by atoms with Gasteiger partial charge in [-0.1, -0.05) is 35.3 Å². The lowest BCUT2D eigenvalue weighted by Gasteiger charge is -2.07. The summed E-state index contributed by atoms with van der Waals surface area (Å²) < 4.78 is 18.9. The molecular weight excluding hydrogens is 344 g/mol. The minimum atomic E-state index is -0.764. The molecule has 4 nitrogen and oxygen atoms in total. The summed E-state index contributed by atoms with van der Waals surface area (Å²) in [6, 6.07) is 9.44. The van der Waals surface area contributed by atoms with Crippen molar-refractivity contribution in [2.24, 2.45) is 0 Å². The average molecular weight is 352 g/mol. The minimum absolute atomic E-state index is 0.0255. The van der Waals surface area contributed by atoms with E-state index >= 15 is 0 Å². The van der Waals surface area contributed by atoms with Crippen LogP contribution in [0.3, 0.4) is 0 Å². The maximum absolute atomic E-state index is 13.6. The zero-order valence-electron chi connectivity index (χ0n) is 11.4. The van der Waals surface area contributed by atoms with E-state index in [1.54, 1.807) is 6.07 Å². The van der Waals surface area contributed by atoms with Crippen LogP contribution in [-0.4, -0.2) is 5.91 Å². The van der Waals surface area contributed by atoms with Gasteiger partial charge in [0.1, 0.15) is 5.82 Å². The normalized spacial score (nSPS) is 10.7. The second-order valence-corrected chi connectivity index (χ2v) is 5.52. The third kappa shape index (κ3) is 3.06. The third-order valence-corrected chi connectivity index (χ3v) is 3.59. The van der Waals surface area contributed by atoms with Crippen molar-refractivity contribution in [3.05, 3.63) is 74.3 Å². The molecule has 0 aliphatic carbocycles. The Morgan fingerprint density at radius 2 is 1.87 bits per heavy atom. The van der Waals surface area contributed by atoms with E-state index in [1.165, 1.54) is 30.3 Å². The van der Waals surface area contributed by atoms with Crippen LogP contribution in [0.15, 0.2) is 51.7 Å². The van der Waals surface area contributed by atoms with E-state index in [4.69, 9.17) is 27.6 Å². The second kappa shape index (κ2) is 6.02. The van der Waals surface area contributed by atoms with Gasteiger partial charge in [0.15, 0.2) is 16.8 Å². The number of nitrogens with one attached hydrogen (secondary N) is 1. The molecule has 1 N–H and O–H groups in total. The number of hydrogen-bond donors (Lipinski definition) is 1. The molecule has 0 saturated heterocycles. The SMILES string of the molecule is O=C(Nc1ccccc1F)c1cc(=O)c2cc(Cl)cc(Cl)c2o1. The Morgan fingerprint density at radius 3 is 2.61 bits per heavy atom. The first kappa shape index (κ1) is 15.5. The number of carbonyl (C=O) groups excluding carboxylic acids is 1. The van der Waals surface area contributed by atoms with Crippen molar-refractivity contribution in [1.82, 2.24) is 0 Å². The highest BCUT2D eigenvalue weighted by molar-refractivity contribution is 6.38. The summed E-state index contributed by atoms with van der Waals surface area (Å²) in [5.74, 6) is -1.65. The zero-order chi connectivity index (χ0) is 16.6. The molecule has 0 unspecified atom stereocenters. The summed E-state index contributed by atoms with van der Waals surface area (Å²) in [6.07, 6.45) is 0. The van der Waals surface area contributed by atoms with E-state index in [1.807, 2.05) is 0 Å². The average Bonchev–Trinajstić information content (AvgIpc) is 2.50. The van der Waals surface area contributed by atoms with Crippen LogP contribution in [0.2, 0.25) is 10.0 Å². The van der Waals surface area contributed by atoms with Crippen LogP contribution in [-0.2, 0) is 0 Å². The molecule has 0 fully saturated rings. The number of fused-ring (bicyclic) bond motifs is 1. The summed E-state index contributed by atoms with van der Waals surface area (Å²) in [4.78, 5) is 24.3. The predicted molar refractivity (Wildman–Crippen MR) is 86.9 cm³/mol. The van der Waals surface area contributed by atoms with Crippen molar-refractivity contribution in [1.29, 1.82) is 0 Å². The van der Waals surface area contributed by atoms with Crippen molar-refractivity contribution in [2.75, 3.05) is 5.32 Å². The van der Waals surface area contributed by atoms with E-state index < -0.39 is 17.2 Å². The van der Waals surface area contributed by atoms with E-state index in [0.29, 0.717) is 0 Å². The van der Waals surface area contributed by atoms with Gasteiger partial charge in [0.25, 0.3) is 5.91 Å². The van der Waals surface area contributed by atoms with Gasteiger partial charge in [0.2, 0.25) is 0 Å². The fourth-order valence-corrected chi connectivity index (χ4v) is 2.57. The molecule has 0 radical (unpaired) electrons. The van der Waals surface area contributed by atoms with Crippen molar-refractivity contribution in [3.8, 4) is 0 Å². The molecule has 0 atom stereocenters. The standard InChI is InChI=1S/C16H8Cl2FNO3/c17-8-5-9-13(21)7-14(23-15(9)10(18)6-8)16(22)20-12-4-2-1-3-11(12)19/h1-7H,(H,20,22). The first-order chi connectivity index (χ1) is 11.0. The molecule has 23 heavy (non-hydrogen) atoms. The molecule has 7 heteroatoms. The molecule has 1 amide bonds. The van der Waals surface area contributed by atoms with Gasteiger partial charge in [-0.3, -0.25) is 9.59 Å². The van der Waals surface area contributed by atoms with Crippen molar-refractivity contribution in [3.63, 3.8) is 0 Å². The first-order valence-electron chi connectivity index (χ1n) is 6.44. The van der Waals surface area contributed by atoms with Gasteiger partial charge in [-0.2, -0.15) is 0 Å². The first-order valence-corrected chi connectivity index (χ1v) is 7.20. The Kier molecular flexibility index (Phi) is 4.07. The number of hydrogen-bond acceptors (Lipinski definition) is 3. The van der Waals surface area contributed by atoms with Gasteiger partial charge in [-0.15, -0.1) is 0 Å². The number of halogens is 3. The van der Waals surface area contributed by atoms with Gasteiger partial charge in [0.05, 0.1) is 16.1 Å². The Balaban J connectivity index is 2.05. The van der Waals surface area contributed by atoms with Crippen molar-refractivity contribution in [2.45, 2.75) is 0 Å². The lowest BCUT2D eigenvalue weighted by molar-refractivity contribution is 0.0996. The lowest BCUT2D eigenvalue weighted by atomic mass is 10.2. The Hall–Kier alpha value is -2.37. The molecule has 3 aromatic rings. The van der Waals surface area contributed by atoms with E-state index in [-0.39, 0.29) is 32.5 Å². The number of benzene rings is 2. The summed E-state index contributed by atoms with van der Waals surface area (Å²) in [5, 5.41) is 2.87. The molecule has 0 spiro atoms. The highest BCUT2D eigenvalue weighted by atomic mass is 35.5. The maximum atomic E-state index is 13.6. The number of carbonyl (C=O) groups is 1. The smallest absolute Gasteiger partial charge is 0.291 e. The Labute approximate surface area is 139 Å². The molecule has 116 valence electrons. The van der Waals surface area contributed by atoms with Crippen LogP contribution in [0, 0.1) is 5.82 Å². The fraction of sp³-hybridized carbons (Fsp3) is 0. The molecule has 0 saturated carbocycles. The summed E-state index contributed by atoms with van der Waals surface area (Å²) in [5.41, 5.74) is -0.459. The molecule has 0 bridgehead atoms. The summed E-state index contributed by atoms with van der Waals surface area (Å²) >= 11 is 11.8. The maximum Gasteiger partial charge on any atom is 0.291 e. The highest BCUT2D eigenvalue weighted by Gasteiger charge is 2.16. The van der Waals surface area contributed by atoms with Gasteiger partial charge >= 0.3 is 0 Å². The predicted octanol–water partition coefficient (Wildman–Crippen LogP) is 4.49. The highest BCUT2D eigenvalue weighted by Crippen LogP contribution is 2.27. The van der Waals surface area contributed by atoms with E-state index in [0.717, 1.165) is 6.07 Å². The van der Waals surface area contributed by atoms with Crippen LogP contribution in [0.25, 0.3) is 11.0 Å². The molecule has 0 aliphatic rings. The molecule has 0 aliphatic heterocycles. The van der Waals surface area contributed by atoms with E-state index in [2.05, 4.69) is 5.32 Å². The van der Waals surface area contributed by atoms with Crippen LogP contribution >= 0.6 is 23.2 Å².